The molecule has 0 N–H and O–H groups in total. The number of aryl methyl sites for hydroxylation is 1. The Morgan fingerprint density at radius 3 is 2.82 bits per heavy atom. The van der Waals surface area contributed by atoms with E-state index in [2.05, 4.69) is 19.1 Å². The molecule has 0 heterocycles. The monoisotopic (exact) mass is 226 g/mol. The van der Waals surface area contributed by atoms with Crippen molar-refractivity contribution in [2.75, 3.05) is 0 Å². The minimum absolute atomic E-state index is 0.309. The van der Waals surface area contributed by atoms with E-state index in [4.69, 9.17) is 0 Å². The van der Waals surface area contributed by atoms with Gasteiger partial charge in [-0.25, -0.2) is 0 Å². The van der Waals surface area contributed by atoms with Crippen LogP contribution in [-0.2, 0) is 12.8 Å². The quantitative estimate of drug-likeness (QED) is 0.710. The zero-order chi connectivity index (χ0) is 11.8. The number of allylic oxidation sites excluding steroid dienone is 2. The number of hydrogen-bond donors (Lipinski definition) is 0. The maximum atomic E-state index is 12.4. The second kappa shape index (κ2) is 4.14. The molecule has 0 atom stereocenters. The zero-order valence-corrected chi connectivity index (χ0v) is 10.4. The van der Waals surface area contributed by atoms with Crippen molar-refractivity contribution in [1.82, 2.24) is 0 Å². The molecule has 1 aromatic rings. The Hall–Kier alpha value is -1.37. The Bertz CT molecular complexity index is 508. The number of hydrogen-bond acceptors (Lipinski definition) is 1. The lowest BCUT2D eigenvalue weighted by atomic mass is 9.78. The van der Waals surface area contributed by atoms with E-state index in [1.54, 1.807) is 0 Å². The number of ketones is 1. The van der Waals surface area contributed by atoms with Gasteiger partial charge in [-0.1, -0.05) is 30.7 Å². The van der Waals surface area contributed by atoms with Crippen LogP contribution in [0.2, 0.25) is 0 Å². The van der Waals surface area contributed by atoms with Crippen molar-refractivity contribution in [3.63, 3.8) is 0 Å². The van der Waals surface area contributed by atoms with Gasteiger partial charge in [0.25, 0.3) is 0 Å². The highest BCUT2D eigenvalue weighted by atomic mass is 16.1. The highest BCUT2D eigenvalue weighted by molar-refractivity contribution is 6.11. The van der Waals surface area contributed by atoms with Crippen molar-refractivity contribution >= 4 is 5.78 Å². The van der Waals surface area contributed by atoms with Crippen LogP contribution in [-0.4, -0.2) is 5.78 Å². The van der Waals surface area contributed by atoms with Crippen molar-refractivity contribution < 1.29 is 4.79 Å². The molecule has 0 radical (unpaired) electrons. The fourth-order valence-corrected chi connectivity index (χ4v) is 3.06. The highest BCUT2D eigenvalue weighted by Crippen LogP contribution is 2.35. The van der Waals surface area contributed by atoms with Gasteiger partial charge >= 0.3 is 0 Å². The summed E-state index contributed by atoms with van der Waals surface area (Å²) in [7, 11) is 0. The SMILES string of the molecule is CCc1ccc2c(c1)CC1=C(CCCC1)C2=O. The minimum atomic E-state index is 0.309. The lowest BCUT2D eigenvalue weighted by Gasteiger charge is -2.26. The number of benzene rings is 1. The molecule has 0 saturated carbocycles. The summed E-state index contributed by atoms with van der Waals surface area (Å²) in [4.78, 5) is 12.4. The van der Waals surface area contributed by atoms with E-state index in [1.165, 1.54) is 29.5 Å². The predicted molar refractivity (Wildman–Crippen MR) is 69.3 cm³/mol. The zero-order valence-electron chi connectivity index (χ0n) is 10.4. The Morgan fingerprint density at radius 2 is 2.00 bits per heavy atom. The van der Waals surface area contributed by atoms with Gasteiger partial charge in [0.05, 0.1) is 0 Å². The standard InChI is InChI=1S/C16H18O/c1-2-11-7-8-15-13(9-11)10-12-5-3-4-6-14(12)16(15)17/h7-9H,2-6,10H2,1H3. The molecular weight excluding hydrogens is 208 g/mol. The number of Topliss-reactive ketones (excluding diaryl/α,β-unsaturated/α-hetero) is 1. The smallest absolute Gasteiger partial charge is 0.189 e. The fourth-order valence-electron chi connectivity index (χ4n) is 3.06. The maximum Gasteiger partial charge on any atom is 0.189 e. The second-order valence-corrected chi connectivity index (χ2v) is 5.14. The average molecular weight is 226 g/mol. The Morgan fingerprint density at radius 1 is 1.18 bits per heavy atom. The molecule has 0 spiro atoms. The van der Waals surface area contributed by atoms with Crippen LogP contribution in [0.25, 0.3) is 0 Å². The summed E-state index contributed by atoms with van der Waals surface area (Å²) in [5.41, 5.74) is 6.12. The Kier molecular flexibility index (Phi) is 2.62. The summed E-state index contributed by atoms with van der Waals surface area (Å²) in [5, 5.41) is 0. The molecule has 1 heteroatoms. The molecular formula is C16H18O. The van der Waals surface area contributed by atoms with Gasteiger partial charge in [0.1, 0.15) is 0 Å². The first-order valence-corrected chi connectivity index (χ1v) is 6.67. The van der Waals surface area contributed by atoms with Gasteiger partial charge in [-0.15, -0.1) is 0 Å². The molecule has 0 bridgehead atoms. The van der Waals surface area contributed by atoms with Gasteiger partial charge < -0.3 is 0 Å². The molecule has 2 aliphatic rings. The summed E-state index contributed by atoms with van der Waals surface area (Å²) in [6.45, 7) is 2.16. The molecule has 0 fully saturated rings. The largest absolute Gasteiger partial charge is 0.289 e. The first-order chi connectivity index (χ1) is 8.29. The third kappa shape index (κ3) is 1.74. The number of carbonyl (C=O) groups excluding carboxylic acids is 1. The van der Waals surface area contributed by atoms with Crippen LogP contribution in [0.4, 0.5) is 0 Å². The van der Waals surface area contributed by atoms with Gasteiger partial charge in [0.15, 0.2) is 5.78 Å². The molecule has 17 heavy (non-hydrogen) atoms. The van der Waals surface area contributed by atoms with Crippen molar-refractivity contribution in [3.05, 3.63) is 46.0 Å². The van der Waals surface area contributed by atoms with E-state index >= 15 is 0 Å². The lowest BCUT2D eigenvalue weighted by molar-refractivity contribution is 0.102. The lowest BCUT2D eigenvalue weighted by Crippen LogP contribution is -2.19. The van der Waals surface area contributed by atoms with Crippen molar-refractivity contribution in [1.29, 1.82) is 0 Å². The summed E-state index contributed by atoms with van der Waals surface area (Å²) in [6, 6.07) is 6.37. The summed E-state index contributed by atoms with van der Waals surface area (Å²) >= 11 is 0. The second-order valence-electron chi connectivity index (χ2n) is 5.14. The molecule has 0 amide bonds. The van der Waals surface area contributed by atoms with Gasteiger partial charge in [-0.05, 0) is 55.2 Å². The topological polar surface area (TPSA) is 17.1 Å². The van der Waals surface area contributed by atoms with E-state index in [0.717, 1.165) is 36.8 Å². The molecule has 0 unspecified atom stereocenters. The van der Waals surface area contributed by atoms with Crippen molar-refractivity contribution in [2.45, 2.75) is 45.4 Å². The van der Waals surface area contributed by atoms with Crippen LogP contribution in [0.1, 0.15) is 54.1 Å². The first kappa shape index (κ1) is 10.8. The van der Waals surface area contributed by atoms with E-state index in [0.29, 0.717) is 5.78 Å². The fraction of sp³-hybridized carbons (Fsp3) is 0.438. The van der Waals surface area contributed by atoms with E-state index in [1.807, 2.05) is 6.07 Å². The van der Waals surface area contributed by atoms with Crippen molar-refractivity contribution in [2.24, 2.45) is 0 Å². The van der Waals surface area contributed by atoms with Crippen molar-refractivity contribution in [3.8, 4) is 0 Å². The van der Waals surface area contributed by atoms with E-state index in [-0.39, 0.29) is 0 Å². The molecule has 88 valence electrons. The van der Waals surface area contributed by atoms with E-state index in [9.17, 15) is 4.79 Å². The average Bonchev–Trinajstić information content (AvgIpc) is 2.38. The van der Waals surface area contributed by atoms with Crippen LogP contribution in [0.5, 0.6) is 0 Å². The Balaban J connectivity index is 2.06. The molecule has 1 aromatic carbocycles. The summed E-state index contributed by atoms with van der Waals surface area (Å²) < 4.78 is 0. The van der Waals surface area contributed by atoms with Crippen LogP contribution >= 0.6 is 0 Å². The number of fused-ring (bicyclic) bond motifs is 1. The van der Waals surface area contributed by atoms with Gasteiger partial charge in [-0.3, -0.25) is 4.79 Å². The third-order valence-electron chi connectivity index (χ3n) is 4.08. The Labute approximate surface area is 103 Å². The summed E-state index contributed by atoms with van der Waals surface area (Å²) in [6.07, 6.45) is 6.65. The normalized spacial score (nSPS) is 19.0. The molecule has 1 nitrogen and oxygen atoms in total. The van der Waals surface area contributed by atoms with Crippen LogP contribution in [0.15, 0.2) is 29.3 Å². The maximum absolute atomic E-state index is 12.4. The van der Waals surface area contributed by atoms with Crippen LogP contribution in [0, 0.1) is 0 Å². The molecule has 0 saturated heterocycles. The minimum Gasteiger partial charge on any atom is -0.289 e. The van der Waals surface area contributed by atoms with Gasteiger partial charge in [0, 0.05) is 5.56 Å². The van der Waals surface area contributed by atoms with Gasteiger partial charge in [0.2, 0.25) is 0 Å². The first-order valence-electron chi connectivity index (χ1n) is 6.67. The van der Waals surface area contributed by atoms with Crippen LogP contribution < -0.4 is 0 Å². The molecule has 2 aliphatic carbocycles. The highest BCUT2D eigenvalue weighted by Gasteiger charge is 2.27. The third-order valence-corrected chi connectivity index (χ3v) is 4.08. The molecule has 0 aromatic heterocycles. The predicted octanol–water partition coefficient (Wildman–Crippen LogP) is 3.86. The number of rotatable bonds is 1. The van der Waals surface area contributed by atoms with E-state index < -0.39 is 0 Å². The molecule has 0 aliphatic heterocycles. The van der Waals surface area contributed by atoms with Gasteiger partial charge in [-0.2, -0.15) is 0 Å². The summed E-state index contributed by atoms with van der Waals surface area (Å²) in [5.74, 6) is 0.309. The molecule has 3 rings (SSSR count). The number of carbonyl (C=O) groups is 1. The van der Waals surface area contributed by atoms with Crippen LogP contribution in [0.3, 0.4) is 0 Å².